The Morgan fingerprint density at radius 2 is 2.00 bits per heavy atom. The number of fused-ring (bicyclic) bond motifs is 1. The molecule has 0 aromatic carbocycles. The van der Waals surface area contributed by atoms with Crippen LogP contribution < -0.4 is 5.56 Å². The van der Waals surface area contributed by atoms with Crippen molar-refractivity contribution in [3.05, 3.63) is 28.4 Å². The van der Waals surface area contributed by atoms with Gasteiger partial charge in [0.05, 0.1) is 39.2 Å². The minimum atomic E-state index is -1.02. The zero-order valence-electron chi connectivity index (χ0n) is 12.1. The third kappa shape index (κ3) is 2.98. The molecular formula is C13H21N4O4+. The van der Waals surface area contributed by atoms with E-state index in [-0.39, 0.29) is 16.6 Å². The highest BCUT2D eigenvalue weighted by Crippen LogP contribution is 2.20. The Labute approximate surface area is 121 Å². The normalized spacial score (nSPS) is 15.3. The Kier molecular flexibility index (Phi) is 4.43. The summed E-state index contributed by atoms with van der Waals surface area (Å²) in [5, 5.41) is 28.4. The molecule has 0 fully saturated rings. The maximum absolute atomic E-state index is 11.7. The lowest BCUT2D eigenvalue weighted by atomic mass is 10.1. The summed E-state index contributed by atoms with van der Waals surface area (Å²) in [7, 11) is 3.68. The van der Waals surface area contributed by atoms with Gasteiger partial charge in [-0.05, 0) is 0 Å². The lowest BCUT2D eigenvalue weighted by Crippen LogP contribution is -2.56. The molecule has 0 radical (unpaired) electrons. The molecule has 0 bridgehead atoms. The molecule has 2 rings (SSSR count). The van der Waals surface area contributed by atoms with Gasteiger partial charge in [0, 0.05) is 6.20 Å². The van der Waals surface area contributed by atoms with E-state index in [0.29, 0.717) is 17.6 Å². The van der Waals surface area contributed by atoms with Crippen molar-refractivity contribution in [3.8, 4) is 0 Å². The van der Waals surface area contributed by atoms with Crippen molar-refractivity contribution in [2.45, 2.75) is 18.7 Å². The molecule has 2 heterocycles. The van der Waals surface area contributed by atoms with Crippen LogP contribution in [-0.2, 0) is 6.54 Å². The van der Waals surface area contributed by atoms with Crippen molar-refractivity contribution < 1.29 is 19.8 Å². The molecule has 21 heavy (non-hydrogen) atoms. The maximum Gasteiger partial charge on any atom is 0.275 e. The number of quaternary nitrogens is 1. The Morgan fingerprint density at radius 3 is 2.62 bits per heavy atom. The summed E-state index contributed by atoms with van der Waals surface area (Å²) in [5.74, 6) is 0. The third-order valence-electron chi connectivity index (χ3n) is 3.84. The third-order valence-corrected chi connectivity index (χ3v) is 3.84. The van der Waals surface area contributed by atoms with E-state index in [2.05, 4.69) is 15.0 Å². The molecule has 0 aliphatic rings. The lowest BCUT2D eigenvalue weighted by molar-refractivity contribution is -0.931. The second kappa shape index (κ2) is 5.94. The standard InChI is InChI=1S/C13H20N4O4/c1-17(2,9(5-18)10(20)6-19)4-8-3-14-12-11(8)15-7-16-13(12)21/h3,7,9-10,18-20H,4-6H2,1-2H3,(H-,14,15,16,21)/p+1/t9-,10-/m1/s1. The van der Waals surface area contributed by atoms with E-state index in [9.17, 15) is 15.0 Å². The molecule has 0 saturated heterocycles. The second-order valence-corrected chi connectivity index (χ2v) is 5.71. The van der Waals surface area contributed by atoms with Crippen LogP contribution in [0.3, 0.4) is 0 Å². The average Bonchev–Trinajstić information content (AvgIpc) is 2.83. The zero-order chi connectivity index (χ0) is 15.6. The fourth-order valence-corrected chi connectivity index (χ4v) is 2.61. The van der Waals surface area contributed by atoms with Gasteiger partial charge in [-0.15, -0.1) is 0 Å². The molecule has 0 unspecified atom stereocenters. The summed E-state index contributed by atoms with van der Waals surface area (Å²) in [6.45, 7) is -0.234. The van der Waals surface area contributed by atoms with Crippen LogP contribution in [0.2, 0.25) is 0 Å². The largest absolute Gasteiger partial charge is 0.393 e. The number of nitrogens with one attached hydrogen (secondary N) is 2. The Bertz CT molecular complexity index is 663. The van der Waals surface area contributed by atoms with E-state index in [1.54, 1.807) is 6.20 Å². The number of H-pyrrole nitrogens is 2. The molecule has 0 aliphatic heterocycles. The molecule has 2 aromatic heterocycles. The van der Waals surface area contributed by atoms with E-state index >= 15 is 0 Å². The summed E-state index contributed by atoms with van der Waals surface area (Å²) in [6.07, 6.45) is 2.02. The van der Waals surface area contributed by atoms with Crippen LogP contribution in [0.4, 0.5) is 0 Å². The Balaban J connectivity index is 2.34. The molecule has 0 aliphatic carbocycles. The summed E-state index contributed by atoms with van der Waals surface area (Å²) >= 11 is 0. The fraction of sp³-hybridized carbons (Fsp3) is 0.538. The SMILES string of the molecule is C[N+](C)(Cc1c[nH]c2c(=O)[nH]cnc12)[C@H](CO)[C@H](O)CO. The zero-order valence-corrected chi connectivity index (χ0v) is 12.1. The summed E-state index contributed by atoms with van der Waals surface area (Å²) in [5.41, 5.74) is 1.53. The van der Waals surface area contributed by atoms with Crippen molar-refractivity contribution in [2.24, 2.45) is 0 Å². The minimum Gasteiger partial charge on any atom is -0.393 e. The summed E-state index contributed by atoms with van der Waals surface area (Å²) in [6, 6.07) is -0.540. The van der Waals surface area contributed by atoms with Crippen molar-refractivity contribution >= 4 is 11.0 Å². The molecule has 2 aromatic rings. The molecule has 0 saturated carbocycles. The minimum absolute atomic E-state index is 0.245. The van der Waals surface area contributed by atoms with Gasteiger partial charge in [0.1, 0.15) is 29.7 Å². The molecule has 8 heteroatoms. The van der Waals surface area contributed by atoms with Gasteiger partial charge < -0.3 is 29.8 Å². The van der Waals surface area contributed by atoms with E-state index in [1.807, 2.05) is 14.1 Å². The van der Waals surface area contributed by atoms with Gasteiger partial charge in [0.2, 0.25) is 0 Å². The molecule has 5 N–H and O–H groups in total. The molecule has 2 atom stereocenters. The van der Waals surface area contributed by atoms with Crippen LogP contribution in [-0.4, -0.2) is 74.2 Å². The number of aromatic amines is 2. The van der Waals surface area contributed by atoms with Crippen LogP contribution in [0.5, 0.6) is 0 Å². The first-order chi connectivity index (χ1) is 9.90. The highest BCUT2D eigenvalue weighted by Gasteiger charge is 2.34. The van der Waals surface area contributed by atoms with Crippen LogP contribution >= 0.6 is 0 Å². The summed E-state index contributed by atoms with van der Waals surface area (Å²) in [4.78, 5) is 21.2. The quantitative estimate of drug-likeness (QED) is 0.417. The smallest absolute Gasteiger partial charge is 0.275 e. The molecule has 8 nitrogen and oxygen atoms in total. The number of rotatable bonds is 6. The van der Waals surface area contributed by atoms with Crippen molar-refractivity contribution in [1.29, 1.82) is 0 Å². The molecule has 0 spiro atoms. The van der Waals surface area contributed by atoms with Crippen LogP contribution in [0.1, 0.15) is 5.56 Å². The molecular weight excluding hydrogens is 276 g/mol. The number of aromatic nitrogens is 3. The lowest BCUT2D eigenvalue weighted by Gasteiger charge is -2.38. The first-order valence-electron chi connectivity index (χ1n) is 6.66. The van der Waals surface area contributed by atoms with Gasteiger partial charge in [0.25, 0.3) is 5.56 Å². The van der Waals surface area contributed by atoms with E-state index in [0.717, 1.165) is 5.56 Å². The van der Waals surface area contributed by atoms with Crippen molar-refractivity contribution in [1.82, 2.24) is 15.0 Å². The average molecular weight is 297 g/mol. The molecule has 116 valence electrons. The van der Waals surface area contributed by atoms with E-state index in [1.165, 1.54) is 6.33 Å². The predicted octanol–water partition coefficient (Wildman–Crippen LogP) is -1.46. The van der Waals surface area contributed by atoms with Gasteiger partial charge >= 0.3 is 0 Å². The Morgan fingerprint density at radius 1 is 1.29 bits per heavy atom. The first-order valence-corrected chi connectivity index (χ1v) is 6.66. The molecule has 0 amide bonds. The number of hydrogen-bond donors (Lipinski definition) is 5. The summed E-state index contributed by atoms with van der Waals surface area (Å²) < 4.78 is 0.250. The van der Waals surface area contributed by atoms with Crippen LogP contribution in [0, 0.1) is 0 Å². The topological polar surface area (TPSA) is 122 Å². The van der Waals surface area contributed by atoms with Gasteiger partial charge in [-0.25, -0.2) is 4.98 Å². The van der Waals surface area contributed by atoms with Crippen molar-refractivity contribution in [2.75, 3.05) is 27.3 Å². The number of hydrogen-bond acceptors (Lipinski definition) is 5. The van der Waals surface area contributed by atoms with E-state index < -0.39 is 18.8 Å². The first kappa shape index (κ1) is 15.6. The fourth-order valence-electron chi connectivity index (χ4n) is 2.61. The van der Waals surface area contributed by atoms with Crippen LogP contribution in [0.15, 0.2) is 17.3 Å². The number of aliphatic hydroxyl groups excluding tert-OH is 3. The second-order valence-electron chi connectivity index (χ2n) is 5.71. The monoisotopic (exact) mass is 297 g/mol. The van der Waals surface area contributed by atoms with Gasteiger partial charge in [-0.2, -0.15) is 0 Å². The van der Waals surface area contributed by atoms with Gasteiger partial charge in [0.15, 0.2) is 0 Å². The predicted molar refractivity (Wildman–Crippen MR) is 76.5 cm³/mol. The highest BCUT2D eigenvalue weighted by molar-refractivity contribution is 5.77. The van der Waals surface area contributed by atoms with E-state index in [4.69, 9.17) is 5.11 Å². The van der Waals surface area contributed by atoms with Gasteiger partial charge in [-0.1, -0.05) is 0 Å². The Hall–Kier alpha value is -1.74. The highest BCUT2D eigenvalue weighted by atomic mass is 16.3. The number of likely N-dealkylation sites (N-methyl/N-ethyl adjacent to an activating group) is 1. The van der Waals surface area contributed by atoms with Crippen molar-refractivity contribution in [3.63, 3.8) is 0 Å². The van der Waals surface area contributed by atoms with Crippen LogP contribution in [0.25, 0.3) is 11.0 Å². The number of nitrogens with zero attached hydrogens (tertiary/aromatic N) is 2. The van der Waals surface area contributed by atoms with Gasteiger partial charge in [-0.3, -0.25) is 4.79 Å². The number of aliphatic hydroxyl groups is 3. The maximum atomic E-state index is 11.7.